The molecule has 0 fully saturated rings. The molecule has 0 aliphatic heterocycles. The molecule has 0 aliphatic carbocycles. The molecule has 1 aromatic heterocycles. The fourth-order valence-corrected chi connectivity index (χ4v) is 1.71. The van der Waals surface area contributed by atoms with Gasteiger partial charge < -0.3 is 9.52 Å². The molecule has 4 heteroatoms. The summed E-state index contributed by atoms with van der Waals surface area (Å²) in [4.78, 5) is 15.1. The predicted octanol–water partition coefficient (Wildman–Crippen LogP) is 2.70. The van der Waals surface area contributed by atoms with Crippen LogP contribution in [0.4, 0.5) is 0 Å². The molecule has 0 unspecified atom stereocenters. The third kappa shape index (κ3) is 1.93. The molecule has 0 atom stereocenters. The van der Waals surface area contributed by atoms with Gasteiger partial charge in [0.25, 0.3) is 0 Å². The molecule has 88 valence electrons. The molecule has 0 spiro atoms. The van der Waals surface area contributed by atoms with Gasteiger partial charge in [-0.3, -0.25) is 4.79 Å². The van der Waals surface area contributed by atoms with E-state index in [1.165, 1.54) is 6.39 Å². The van der Waals surface area contributed by atoms with Crippen molar-refractivity contribution in [2.45, 2.75) is 19.3 Å². The molecule has 0 saturated carbocycles. The van der Waals surface area contributed by atoms with Crippen LogP contribution >= 0.6 is 0 Å². The summed E-state index contributed by atoms with van der Waals surface area (Å²) in [6.45, 7) is 3.34. The van der Waals surface area contributed by atoms with Gasteiger partial charge in [-0.15, -0.1) is 0 Å². The van der Waals surface area contributed by atoms with Crippen LogP contribution in [-0.4, -0.2) is 16.1 Å². The van der Waals surface area contributed by atoms with Gasteiger partial charge in [0.15, 0.2) is 12.2 Å². The Hall–Kier alpha value is -2.10. The normalized spacial score (nSPS) is 11.4. The third-order valence-corrected chi connectivity index (χ3v) is 2.83. The standard InChI is InChI=1S/C13H13NO3/c1-13(2,12(15)16)10-6-4-3-5-9(10)11-7-14-8-17-11/h3-8H,1-2H3,(H,15,16). The SMILES string of the molecule is CC(C)(C(=O)O)c1ccccc1-c1cnco1. The summed E-state index contributed by atoms with van der Waals surface area (Å²) in [5.41, 5.74) is 0.505. The number of aliphatic carboxylic acids is 1. The Kier molecular flexibility index (Phi) is 2.71. The summed E-state index contributed by atoms with van der Waals surface area (Å²) in [6.07, 6.45) is 2.91. The number of rotatable bonds is 3. The largest absolute Gasteiger partial charge is 0.481 e. The molecule has 1 N–H and O–H groups in total. The zero-order chi connectivity index (χ0) is 12.5. The van der Waals surface area contributed by atoms with E-state index in [0.29, 0.717) is 11.3 Å². The number of carboxylic acid groups (broad SMARTS) is 1. The Labute approximate surface area is 98.9 Å². The number of nitrogens with zero attached hydrogens (tertiary/aromatic N) is 1. The second-order valence-corrected chi connectivity index (χ2v) is 4.34. The van der Waals surface area contributed by atoms with Gasteiger partial charge >= 0.3 is 5.97 Å². The summed E-state index contributed by atoms with van der Waals surface area (Å²) in [5.74, 6) is -0.292. The van der Waals surface area contributed by atoms with E-state index in [0.717, 1.165) is 5.56 Å². The molecular weight excluding hydrogens is 218 g/mol. The fraction of sp³-hybridized carbons (Fsp3) is 0.231. The molecule has 4 nitrogen and oxygen atoms in total. The van der Waals surface area contributed by atoms with Crippen molar-refractivity contribution in [2.24, 2.45) is 0 Å². The highest BCUT2D eigenvalue weighted by atomic mass is 16.4. The van der Waals surface area contributed by atoms with Crippen molar-refractivity contribution >= 4 is 5.97 Å². The zero-order valence-corrected chi connectivity index (χ0v) is 9.68. The molecule has 0 saturated heterocycles. The van der Waals surface area contributed by atoms with Gasteiger partial charge in [-0.1, -0.05) is 24.3 Å². The van der Waals surface area contributed by atoms with E-state index in [2.05, 4.69) is 4.98 Å². The summed E-state index contributed by atoms with van der Waals surface area (Å²) in [6, 6.07) is 7.30. The first-order valence-corrected chi connectivity index (χ1v) is 5.25. The fourth-order valence-electron chi connectivity index (χ4n) is 1.71. The summed E-state index contributed by atoms with van der Waals surface area (Å²) in [7, 11) is 0. The van der Waals surface area contributed by atoms with Crippen LogP contribution in [0.5, 0.6) is 0 Å². The highest BCUT2D eigenvalue weighted by Gasteiger charge is 2.32. The maximum absolute atomic E-state index is 11.3. The first-order valence-electron chi connectivity index (χ1n) is 5.25. The second kappa shape index (κ2) is 4.05. The number of hydrogen-bond donors (Lipinski definition) is 1. The summed E-state index contributed by atoms with van der Waals surface area (Å²) >= 11 is 0. The van der Waals surface area contributed by atoms with Crippen molar-refractivity contribution in [2.75, 3.05) is 0 Å². The molecule has 1 aromatic carbocycles. The van der Waals surface area contributed by atoms with Crippen molar-refractivity contribution in [3.05, 3.63) is 42.4 Å². The van der Waals surface area contributed by atoms with E-state index < -0.39 is 11.4 Å². The number of aromatic nitrogens is 1. The van der Waals surface area contributed by atoms with E-state index in [4.69, 9.17) is 4.42 Å². The predicted molar refractivity (Wildman–Crippen MR) is 62.6 cm³/mol. The van der Waals surface area contributed by atoms with Crippen LogP contribution in [0.2, 0.25) is 0 Å². The van der Waals surface area contributed by atoms with Gasteiger partial charge in [-0.05, 0) is 19.4 Å². The number of carbonyl (C=O) groups is 1. The smallest absolute Gasteiger partial charge is 0.313 e. The quantitative estimate of drug-likeness (QED) is 0.882. The van der Waals surface area contributed by atoms with Crippen LogP contribution in [0.1, 0.15) is 19.4 Å². The van der Waals surface area contributed by atoms with Crippen molar-refractivity contribution in [1.29, 1.82) is 0 Å². The number of carboxylic acids is 1. The number of benzene rings is 1. The number of oxazole rings is 1. The van der Waals surface area contributed by atoms with E-state index in [1.54, 1.807) is 26.1 Å². The lowest BCUT2D eigenvalue weighted by Crippen LogP contribution is -2.29. The second-order valence-electron chi connectivity index (χ2n) is 4.34. The van der Waals surface area contributed by atoms with Crippen molar-refractivity contribution in [3.63, 3.8) is 0 Å². The maximum Gasteiger partial charge on any atom is 0.313 e. The van der Waals surface area contributed by atoms with Crippen LogP contribution in [-0.2, 0) is 10.2 Å². The Morgan fingerprint density at radius 3 is 2.65 bits per heavy atom. The van der Waals surface area contributed by atoms with Gasteiger partial charge in [0.1, 0.15) is 0 Å². The monoisotopic (exact) mass is 231 g/mol. The lowest BCUT2D eigenvalue weighted by Gasteiger charge is -2.22. The highest BCUT2D eigenvalue weighted by Crippen LogP contribution is 2.33. The Morgan fingerprint density at radius 2 is 2.06 bits per heavy atom. The first kappa shape index (κ1) is 11.4. The maximum atomic E-state index is 11.3. The van der Waals surface area contributed by atoms with Gasteiger partial charge in [0.05, 0.1) is 11.6 Å². The lowest BCUT2D eigenvalue weighted by molar-refractivity contribution is -0.142. The van der Waals surface area contributed by atoms with E-state index in [9.17, 15) is 9.90 Å². The molecule has 0 aliphatic rings. The van der Waals surface area contributed by atoms with Crippen molar-refractivity contribution in [3.8, 4) is 11.3 Å². The minimum atomic E-state index is -0.969. The molecule has 2 aromatic rings. The lowest BCUT2D eigenvalue weighted by atomic mass is 9.81. The molecule has 2 rings (SSSR count). The number of hydrogen-bond acceptors (Lipinski definition) is 3. The van der Waals surface area contributed by atoms with Crippen molar-refractivity contribution in [1.82, 2.24) is 4.98 Å². The van der Waals surface area contributed by atoms with Crippen LogP contribution in [0.3, 0.4) is 0 Å². The minimum absolute atomic E-state index is 0.579. The van der Waals surface area contributed by atoms with Crippen molar-refractivity contribution < 1.29 is 14.3 Å². The Morgan fingerprint density at radius 1 is 1.35 bits per heavy atom. The van der Waals surface area contributed by atoms with Gasteiger partial charge in [0, 0.05) is 5.56 Å². The third-order valence-electron chi connectivity index (χ3n) is 2.83. The first-order chi connectivity index (χ1) is 8.03. The van der Waals surface area contributed by atoms with E-state index >= 15 is 0 Å². The van der Waals surface area contributed by atoms with Gasteiger partial charge in [-0.25, -0.2) is 4.98 Å². The van der Waals surface area contributed by atoms with Gasteiger partial charge in [-0.2, -0.15) is 0 Å². The molecule has 0 amide bonds. The Bertz CT molecular complexity index is 529. The summed E-state index contributed by atoms with van der Waals surface area (Å²) < 4.78 is 5.23. The molecule has 1 heterocycles. The topological polar surface area (TPSA) is 63.3 Å². The van der Waals surface area contributed by atoms with Crippen LogP contribution in [0.25, 0.3) is 11.3 Å². The van der Waals surface area contributed by atoms with E-state index in [-0.39, 0.29) is 0 Å². The zero-order valence-electron chi connectivity index (χ0n) is 9.68. The molecule has 0 radical (unpaired) electrons. The average molecular weight is 231 g/mol. The minimum Gasteiger partial charge on any atom is -0.481 e. The van der Waals surface area contributed by atoms with Crippen LogP contribution in [0.15, 0.2) is 41.3 Å². The Balaban J connectivity index is 2.60. The van der Waals surface area contributed by atoms with Crippen LogP contribution in [0, 0.1) is 0 Å². The van der Waals surface area contributed by atoms with Gasteiger partial charge in [0.2, 0.25) is 0 Å². The molecular formula is C13H13NO3. The molecule has 17 heavy (non-hydrogen) atoms. The summed E-state index contributed by atoms with van der Waals surface area (Å²) in [5, 5.41) is 9.27. The highest BCUT2D eigenvalue weighted by molar-refractivity contribution is 5.83. The average Bonchev–Trinajstić information content (AvgIpc) is 2.82. The van der Waals surface area contributed by atoms with Crippen LogP contribution < -0.4 is 0 Å². The molecule has 0 bridgehead atoms. The van der Waals surface area contributed by atoms with E-state index in [1.807, 2.05) is 18.2 Å².